The van der Waals surface area contributed by atoms with E-state index in [1.807, 2.05) is 4.90 Å². The molecule has 116 valence electrons. The van der Waals surface area contributed by atoms with Crippen molar-refractivity contribution >= 4 is 0 Å². The van der Waals surface area contributed by atoms with Gasteiger partial charge in [-0.05, 0) is 6.07 Å². The van der Waals surface area contributed by atoms with Crippen LogP contribution >= 0.6 is 0 Å². The van der Waals surface area contributed by atoms with Gasteiger partial charge in [0.25, 0.3) is 0 Å². The number of benzene rings is 1. The van der Waals surface area contributed by atoms with Crippen LogP contribution in [0.3, 0.4) is 0 Å². The molecule has 1 aromatic rings. The highest BCUT2D eigenvalue weighted by Gasteiger charge is 2.33. The molecule has 21 heavy (non-hydrogen) atoms. The first kappa shape index (κ1) is 15.7. The SMILES string of the molecule is C=C[C@H](c1cccc(OC(F)(F)F)c1O)N1CCNCC1. The average molecular weight is 302 g/mol. The van der Waals surface area contributed by atoms with Gasteiger partial charge in [0.15, 0.2) is 11.5 Å². The highest BCUT2D eigenvalue weighted by molar-refractivity contribution is 5.48. The number of hydrogen-bond donors (Lipinski definition) is 2. The molecule has 7 heteroatoms. The van der Waals surface area contributed by atoms with Gasteiger partial charge in [-0.3, -0.25) is 4.90 Å². The Labute approximate surface area is 120 Å². The number of para-hydroxylation sites is 1. The normalized spacial score (nSPS) is 18.2. The van der Waals surface area contributed by atoms with E-state index in [-0.39, 0.29) is 6.04 Å². The summed E-state index contributed by atoms with van der Waals surface area (Å²) in [6.07, 6.45) is -3.23. The van der Waals surface area contributed by atoms with Crippen molar-refractivity contribution in [1.29, 1.82) is 0 Å². The fraction of sp³-hybridized carbons (Fsp3) is 0.429. The fourth-order valence-corrected chi connectivity index (χ4v) is 2.42. The number of alkyl halides is 3. The monoisotopic (exact) mass is 302 g/mol. The van der Waals surface area contributed by atoms with Crippen molar-refractivity contribution in [3.05, 3.63) is 36.4 Å². The number of hydrogen-bond acceptors (Lipinski definition) is 4. The van der Waals surface area contributed by atoms with Crippen LogP contribution in [0.5, 0.6) is 11.5 Å². The van der Waals surface area contributed by atoms with Crippen molar-refractivity contribution in [2.75, 3.05) is 26.2 Å². The first-order chi connectivity index (χ1) is 9.92. The fourth-order valence-electron chi connectivity index (χ4n) is 2.42. The summed E-state index contributed by atoms with van der Waals surface area (Å²) < 4.78 is 40.8. The third-order valence-electron chi connectivity index (χ3n) is 3.34. The molecular formula is C14H17F3N2O2. The number of ether oxygens (including phenoxy) is 1. The van der Waals surface area contributed by atoms with E-state index < -0.39 is 17.9 Å². The van der Waals surface area contributed by atoms with Crippen molar-refractivity contribution < 1.29 is 23.0 Å². The van der Waals surface area contributed by atoms with Gasteiger partial charge in [-0.25, -0.2) is 0 Å². The molecule has 0 saturated carbocycles. The largest absolute Gasteiger partial charge is 0.573 e. The van der Waals surface area contributed by atoms with Crippen molar-refractivity contribution in [3.8, 4) is 11.5 Å². The Kier molecular flexibility index (Phi) is 4.74. The lowest BCUT2D eigenvalue weighted by Gasteiger charge is -2.33. The molecular weight excluding hydrogens is 285 g/mol. The minimum absolute atomic E-state index is 0.355. The summed E-state index contributed by atoms with van der Waals surface area (Å²) in [7, 11) is 0. The maximum Gasteiger partial charge on any atom is 0.573 e. The second-order valence-electron chi connectivity index (χ2n) is 4.71. The Morgan fingerprint density at radius 2 is 2.00 bits per heavy atom. The van der Waals surface area contributed by atoms with Gasteiger partial charge in [-0.2, -0.15) is 0 Å². The number of phenols is 1. The molecule has 0 unspecified atom stereocenters. The number of nitrogens with zero attached hydrogens (tertiary/aromatic N) is 1. The van der Waals surface area contributed by atoms with Gasteiger partial charge in [-0.1, -0.05) is 18.2 Å². The van der Waals surface area contributed by atoms with E-state index in [0.717, 1.165) is 32.2 Å². The first-order valence-corrected chi connectivity index (χ1v) is 6.57. The van der Waals surface area contributed by atoms with Crippen LogP contribution < -0.4 is 10.1 Å². The minimum atomic E-state index is -4.84. The summed E-state index contributed by atoms with van der Waals surface area (Å²) in [6.45, 7) is 6.73. The molecule has 0 aromatic heterocycles. The van der Waals surface area contributed by atoms with Gasteiger partial charge in [0, 0.05) is 31.7 Å². The third-order valence-corrected chi connectivity index (χ3v) is 3.34. The minimum Gasteiger partial charge on any atom is -0.504 e. The highest BCUT2D eigenvalue weighted by Crippen LogP contribution is 2.38. The third kappa shape index (κ3) is 3.89. The summed E-state index contributed by atoms with van der Waals surface area (Å²) >= 11 is 0. The summed E-state index contributed by atoms with van der Waals surface area (Å²) in [4.78, 5) is 2.04. The van der Waals surface area contributed by atoms with E-state index in [9.17, 15) is 18.3 Å². The summed E-state index contributed by atoms with van der Waals surface area (Å²) in [5, 5.41) is 13.3. The van der Waals surface area contributed by atoms with Gasteiger partial charge >= 0.3 is 6.36 Å². The van der Waals surface area contributed by atoms with Crippen LogP contribution in [0, 0.1) is 0 Å². The summed E-state index contributed by atoms with van der Waals surface area (Å²) in [5.41, 5.74) is 0.355. The molecule has 1 atom stereocenters. The summed E-state index contributed by atoms with van der Waals surface area (Å²) in [5.74, 6) is -1.10. The molecule has 2 N–H and O–H groups in total. The second-order valence-corrected chi connectivity index (χ2v) is 4.71. The zero-order chi connectivity index (χ0) is 15.5. The predicted molar refractivity (Wildman–Crippen MR) is 72.2 cm³/mol. The molecule has 0 aliphatic carbocycles. The number of nitrogens with one attached hydrogen (secondary N) is 1. The van der Waals surface area contributed by atoms with Crippen molar-refractivity contribution in [3.63, 3.8) is 0 Å². The zero-order valence-electron chi connectivity index (χ0n) is 11.4. The predicted octanol–water partition coefficient (Wildman–Crippen LogP) is 2.42. The van der Waals surface area contributed by atoms with Crippen LogP contribution in [0.15, 0.2) is 30.9 Å². The first-order valence-electron chi connectivity index (χ1n) is 6.57. The van der Waals surface area contributed by atoms with Crippen molar-refractivity contribution in [2.45, 2.75) is 12.4 Å². The number of piperazine rings is 1. The Balaban J connectivity index is 2.28. The molecule has 1 aliphatic rings. The molecule has 0 radical (unpaired) electrons. The number of aromatic hydroxyl groups is 1. The van der Waals surface area contributed by atoms with Crippen molar-refractivity contribution in [1.82, 2.24) is 10.2 Å². The molecule has 0 bridgehead atoms. The van der Waals surface area contributed by atoms with Crippen LogP contribution in [0.2, 0.25) is 0 Å². The molecule has 1 saturated heterocycles. The number of phenolic OH excluding ortho intramolecular Hbond substituents is 1. The average Bonchev–Trinajstić information content (AvgIpc) is 2.43. The molecule has 4 nitrogen and oxygen atoms in total. The van der Waals surface area contributed by atoms with Gasteiger partial charge in [0.2, 0.25) is 0 Å². The molecule has 0 amide bonds. The van der Waals surface area contributed by atoms with Gasteiger partial charge in [-0.15, -0.1) is 19.8 Å². The van der Waals surface area contributed by atoms with Gasteiger partial charge in [0.05, 0.1) is 6.04 Å². The van der Waals surface area contributed by atoms with Crippen LogP contribution in [0.25, 0.3) is 0 Å². The molecule has 0 spiro atoms. The highest BCUT2D eigenvalue weighted by atomic mass is 19.4. The van der Waals surface area contributed by atoms with Crippen LogP contribution in [0.4, 0.5) is 13.2 Å². The molecule has 2 rings (SSSR count). The van der Waals surface area contributed by atoms with E-state index in [0.29, 0.717) is 5.56 Å². The number of rotatable bonds is 4. The van der Waals surface area contributed by atoms with Crippen LogP contribution in [-0.2, 0) is 0 Å². The van der Waals surface area contributed by atoms with E-state index in [1.165, 1.54) is 6.07 Å². The molecule has 1 heterocycles. The van der Waals surface area contributed by atoms with E-state index >= 15 is 0 Å². The summed E-state index contributed by atoms with van der Waals surface area (Å²) in [6, 6.07) is 3.73. The maximum atomic E-state index is 12.3. The second kappa shape index (κ2) is 6.36. The standard InChI is InChI=1S/C14H17F3N2O2/c1-2-11(19-8-6-18-7-9-19)10-4-3-5-12(13(10)20)21-14(15,16)17/h2-5,11,18,20H,1,6-9H2/t11-/m1/s1. The van der Waals surface area contributed by atoms with E-state index in [1.54, 1.807) is 12.1 Å². The topological polar surface area (TPSA) is 44.7 Å². The Morgan fingerprint density at radius 1 is 1.33 bits per heavy atom. The lowest BCUT2D eigenvalue weighted by atomic mass is 10.0. The number of halogens is 3. The van der Waals surface area contributed by atoms with E-state index in [2.05, 4.69) is 16.6 Å². The zero-order valence-corrected chi connectivity index (χ0v) is 11.4. The van der Waals surface area contributed by atoms with Crippen molar-refractivity contribution in [2.24, 2.45) is 0 Å². The van der Waals surface area contributed by atoms with Crippen LogP contribution in [-0.4, -0.2) is 42.5 Å². The Morgan fingerprint density at radius 3 is 2.57 bits per heavy atom. The lowest BCUT2D eigenvalue weighted by Crippen LogP contribution is -2.44. The lowest BCUT2D eigenvalue weighted by molar-refractivity contribution is -0.275. The smallest absolute Gasteiger partial charge is 0.504 e. The van der Waals surface area contributed by atoms with Gasteiger partial charge < -0.3 is 15.2 Å². The Bertz CT molecular complexity index is 499. The molecule has 1 aliphatic heterocycles. The molecule has 1 fully saturated rings. The maximum absolute atomic E-state index is 12.3. The Hall–Kier alpha value is -1.73. The molecule has 1 aromatic carbocycles. The van der Waals surface area contributed by atoms with Gasteiger partial charge in [0.1, 0.15) is 0 Å². The quantitative estimate of drug-likeness (QED) is 0.839. The van der Waals surface area contributed by atoms with Crippen LogP contribution in [0.1, 0.15) is 11.6 Å². The van der Waals surface area contributed by atoms with E-state index in [4.69, 9.17) is 0 Å².